The van der Waals surface area contributed by atoms with Gasteiger partial charge in [0.05, 0.1) is 11.8 Å². The van der Waals surface area contributed by atoms with Crippen molar-refractivity contribution in [2.45, 2.75) is 32.8 Å². The van der Waals surface area contributed by atoms with Gasteiger partial charge in [-0.1, -0.05) is 23.8 Å². The van der Waals surface area contributed by atoms with Gasteiger partial charge in [-0.25, -0.2) is 4.39 Å². The summed E-state index contributed by atoms with van der Waals surface area (Å²) in [5.41, 5.74) is 2.69. The molecule has 0 bridgehead atoms. The molecule has 0 amide bonds. The number of halogens is 1. The summed E-state index contributed by atoms with van der Waals surface area (Å²) in [6.07, 6.45) is 3.08. The Morgan fingerprint density at radius 1 is 1.21 bits per heavy atom. The molecule has 19 heavy (non-hydrogen) atoms. The van der Waals surface area contributed by atoms with Gasteiger partial charge < -0.3 is 5.11 Å². The monoisotopic (exact) mass is 259 g/mol. The fourth-order valence-corrected chi connectivity index (χ4v) is 2.17. The molecule has 2 rings (SSSR count). The Kier molecular flexibility index (Phi) is 3.67. The minimum absolute atomic E-state index is 0.432. The number of hydrogen-bond acceptors (Lipinski definition) is 2. The Hall–Kier alpha value is -1.74. The highest BCUT2D eigenvalue weighted by molar-refractivity contribution is 5.33. The molecule has 1 unspecified atom stereocenters. The lowest BCUT2D eigenvalue weighted by atomic mass is 9.88. The second kappa shape index (κ2) is 5.10. The third kappa shape index (κ3) is 3.18. The van der Waals surface area contributed by atoms with Crippen LogP contribution in [0.5, 0.6) is 0 Å². The molecule has 0 fully saturated rings. The van der Waals surface area contributed by atoms with Crippen molar-refractivity contribution in [2.24, 2.45) is 0 Å². The Bertz CT molecular complexity index is 593. The van der Waals surface area contributed by atoms with E-state index in [4.69, 9.17) is 0 Å². The van der Waals surface area contributed by atoms with Crippen molar-refractivity contribution >= 4 is 0 Å². The fraction of sp³-hybridized carbons (Fsp3) is 0.312. The predicted octanol–water partition coefficient (Wildman–Crippen LogP) is 3.29. The summed E-state index contributed by atoms with van der Waals surface area (Å²) in [5, 5.41) is 10.6. The zero-order valence-corrected chi connectivity index (χ0v) is 11.4. The van der Waals surface area contributed by atoms with Crippen LogP contribution in [0, 0.1) is 19.7 Å². The minimum Gasteiger partial charge on any atom is -0.385 e. The highest BCUT2D eigenvalue weighted by atomic mass is 19.1. The van der Waals surface area contributed by atoms with Gasteiger partial charge >= 0.3 is 0 Å². The van der Waals surface area contributed by atoms with Gasteiger partial charge in [-0.15, -0.1) is 0 Å². The van der Waals surface area contributed by atoms with E-state index < -0.39 is 11.4 Å². The van der Waals surface area contributed by atoms with Crippen LogP contribution in [-0.2, 0) is 12.0 Å². The second-order valence-electron chi connectivity index (χ2n) is 5.27. The molecule has 3 heteroatoms. The van der Waals surface area contributed by atoms with Gasteiger partial charge in [-0.2, -0.15) is 0 Å². The first kappa shape index (κ1) is 13.7. The SMILES string of the molecule is Cc1ccc(C)c(CC(C)(O)c2cncc(F)c2)c1. The Morgan fingerprint density at radius 3 is 2.63 bits per heavy atom. The summed E-state index contributed by atoms with van der Waals surface area (Å²) in [5.74, 6) is -0.432. The van der Waals surface area contributed by atoms with Crippen LogP contribution in [0.15, 0.2) is 36.7 Å². The highest BCUT2D eigenvalue weighted by Crippen LogP contribution is 2.27. The van der Waals surface area contributed by atoms with E-state index in [2.05, 4.69) is 11.1 Å². The molecule has 1 aromatic heterocycles. The molecule has 0 saturated heterocycles. The average molecular weight is 259 g/mol. The van der Waals surface area contributed by atoms with Crippen LogP contribution >= 0.6 is 0 Å². The van der Waals surface area contributed by atoms with Crippen molar-refractivity contribution in [1.29, 1.82) is 0 Å². The van der Waals surface area contributed by atoms with Crippen LogP contribution in [-0.4, -0.2) is 10.1 Å². The number of pyridine rings is 1. The second-order valence-corrected chi connectivity index (χ2v) is 5.27. The smallest absolute Gasteiger partial charge is 0.141 e. The van der Waals surface area contributed by atoms with Crippen LogP contribution in [0.4, 0.5) is 4.39 Å². The number of rotatable bonds is 3. The van der Waals surface area contributed by atoms with E-state index in [0.29, 0.717) is 12.0 Å². The molecule has 0 aliphatic rings. The number of aromatic nitrogens is 1. The maximum atomic E-state index is 13.2. The van der Waals surface area contributed by atoms with Gasteiger partial charge in [0.2, 0.25) is 0 Å². The summed E-state index contributed by atoms with van der Waals surface area (Å²) in [6, 6.07) is 7.45. The lowest BCUT2D eigenvalue weighted by molar-refractivity contribution is 0.0567. The van der Waals surface area contributed by atoms with Crippen LogP contribution in [0.3, 0.4) is 0 Å². The number of aryl methyl sites for hydroxylation is 2. The number of benzene rings is 1. The first-order valence-corrected chi connectivity index (χ1v) is 6.28. The third-order valence-corrected chi connectivity index (χ3v) is 3.37. The lowest BCUT2D eigenvalue weighted by Gasteiger charge is -2.24. The van der Waals surface area contributed by atoms with E-state index in [0.717, 1.165) is 22.9 Å². The molecule has 100 valence electrons. The number of nitrogens with zero attached hydrogens (tertiary/aromatic N) is 1. The Labute approximate surface area is 112 Å². The normalized spacial score (nSPS) is 14.2. The van der Waals surface area contributed by atoms with Gasteiger partial charge in [0.25, 0.3) is 0 Å². The summed E-state index contributed by atoms with van der Waals surface area (Å²) in [4.78, 5) is 3.80. The van der Waals surface area contributed by atoms with E-state index in [9.17, 15) is 9.50 Å². The Balaban J connectivity index is 2.33. The molecular formula is C16H18FNO. The van der Waals surface area contributed by atoms with Crippen molar-refractivity contribution in [3.05, 3.63) is 64.7 Å². The van der Waals surface area contributed by atoms with E-state index in [1.54, 1.807) is 6.92 Å². The topological polar surface area (TPSA) is 33.1 Å². The largest absolute Gasteiger partial charge is 0.385 e. The molecule has 2 nitrogen and oxygen atoms in total. The third-order valence-electron chi connectivity index (χ3n) is 3.37. The zero-order valence-electron chi connectivity index (χ0n) is 11.4. The van der Waals surface area contributed by atoms with Gasteiger partial charge in [-0.05, 0) is 38.0 Å². The summed E-state index contributed by atoms with van der Waals surface area (Å²) in [6.45, 7) is 5.71. The molecule has 0 spiro atoms. The van der Waals surface area contributed by atoms with E-state index in [1.165, 1.54) is 12.3 Å². The number of aliphatic hydroxyl groups is 1. The van der Waals surface area contributed by atoms with E-state index in [1.807, 2.05) is 26.0 Å². The van der Waals surface area contributed by atoms with E-state index in [-0.39, 0.29) is 0 Å². The van der Waals surface area contributed by atoms with Crippen molar-refractivity contribution < 1.29 is 9.50 Å². The predicted molar refractivity (Wildman–Crippen MR) is 73.4 cm³/mol. The van der Waals surface area contributed by atoms with Crippen LogP contribution in [0.1, 0.15) is 29.2 Å². The average Bonchev–Trinajstić information content (AvgIpc) is 2.33. The first-order valence-electron chi connectivity index (χ1n) is 6.28. The molecule has 0 aliphatic carbocycles. The fourth-order valence-electron chi connectivity index (χ4n) is 2.17. The van der Waals surface area contributed by atoms with Crippen molar-refractivity contribution in [3.8, 4) is 0 Å². The summed E-state index contributed by atoms with van der Waals surface area (Å²) >= 11 is 0. The summed E-state index contributed by atoms with van der Waals surface area (Å²) < 4.78 is 13.2. The molecule has 0 radical (unpaired) electrons. The lowest BCUT2D eigenvalue weighted by Crippen LogP contribution is -2.25. The zero-order chi connectivity index (χ0) is 14.0. The molecule has 1 atom stereocenters. The minimum atomic E-state index is -1.13. The van der Waals surface area contributed by atoms with Crippen LogP contribution in [0.2, 0.25) is 0 Å². The van der Waals surface area contributed by atoms with Crippen molar-refractivity contribution in [3.63, 3.8) is 0 Å². The van der Waals surface area contributed by atoms with Crippen molar-refractivity contribution in [1.82, 2.24) is 4.98 Å². The standard InChI is InChI=1S/C16H18FNO/c1-11-4-5-12(2)13(6-11)8-16(3,19)14-7-15(17)10-18-9-14/h4-7,9-10,19H,8H2,1-3H3. The van der Waals surface area contributed by atoms with Gasteiger partial charge in [0.15, 0.2) is 0 Å². The molecule has 1 aromatic carbocycles. The highest BCUT2D eigenvalue weighted by Gasteiger charge is 2.25. The summed E-state index contributed by atoms with van der Waals surface area (Å²) in [7, 11) is 0. The molecule has 1 N–H and O–H groups in total. The quantitative estimate of drug-likeness (QED) is 0.917. The molecule has 0 saturated carbocycles. The van der Waals surface area contributed by atoms with Crippen molar-refractivity contribution in [2.75, 3.05) is 0 Å². The van der Waals surface area contributed by atoms with Gasteiger partial charge in [0.1, 0.15) is 5.82 Å². The van der Waals surface area contributed by atoms with E-state index >= 15 is 0 Å². The molecule has 1 heterocycles. The van der Waals surface area contributed by atoms with Gasteiger partial charge in [-0.3, -0.25) is 4.98 Å². The molecular weight excluding hydrogens is 241 g/mol. The van der Waals surface area contributed by atoms with Gasteiger partial charge in [0, 0.05) is 18.2 Å². The van der Waals surface area contributed by atoms with Crippen LogP contribution in [0.25, 0.3) is 0 Å². The van der Waals surface area contributed by atoms with Crippen LogP contribution < -0.4 is 0 Å². The molecule has 0 aliphatic heterocycles. The molecule has 2 aromatic rings. The first-order chi connectivity index (χ1) is 8.88. The number of hydrogen-bond donors (Lipinski definition) is 1. The maximum absolute atomic E-state index is 13.2. The Morgan fingerprint density at radius 2 is 1.95 bits per heavy atom. The maximum Gasteiger partial charge on any atom is 0.141 e.